The Balaban J connectivity index is 1.98. The highest BCUT2D eigenvalue weighted by atomic mass is 32.2. The fourth-order valence-corrected chi connectivity index (χ4v) is 2.64. The minimum atomic E-state index is -0.176. The van der Waals surface area contributed by atoms with Gasteiger partial charge in [0.2, 0.25) is 0 Å². The SMILES string of the molecule is CCCCSC[C@H](O)CN1CCOCC1. The van der Waals surface area contributed by atoms with E-state index in [1.807, 2.05) is 11.8 Å². The first kappa shape index (κ1) is 13.3. The number of ether oxygens (including phenoxy) is 1. The molecule has 0 unspecified atom stereocenters. The molecule has 1 saturated heterocycles. The van der Waals surface area contributed by atoms with Gasteiger partial charge in [0.05, 0.1) is 19.3 Å². The molecule has 0 bridgehead atoms. The van der Waals surface area contributed by atoms with Crippen molar-refractivity contribution < 1.29 is 9.84 Å². The second-order valence-electron chi connectivity index (χ2n) is 4.00. The largest absolute Gasteiger partial charge is 0.391 e. The van der Waals surface area contributed by atoms with Crippen LogP contribution in [0.4, 0.5) is 0 Å². The summed E-state index contributed by atoms with van der Waals surface area (Å²) in [6.07, 6.45) is 2.33. The highest BCUT2D eigenvalue weighted by Gasteiger charge is 2.14. The molecular weight excluding hydrogens is 210 g/mol. The summed E-state index contributed by atoms with van der Waals surface area (Å²) in [7, 11) is 0. The molecule has 0 aromatic rings. The van der Waals surface area contributed by atoms with Crippen LogP contribution in [0.1, 0.15) is 19.8 Å². The summed E-state index contributed by atoms with van der Waals surface area (Å²) < 4.78 is 5.27. The molecule has 1 fully saturated rings. The van der Waals surface area contributed by atoms with E-state index in [9.17, 15) is 5.11 Å². The van der Waals surface area contributed by atoms with Gasteiger partial charge >= 0.3 is 0 Å². The molecule has 0 amide bonds. The maximum absolute atomic E-state index is 9.80. The topological polar surface area (TPSA) is 32.7 Å². The van der Waals surface area contributed by atoms with Crippen molar-refractivity contribution in [3.8, 4) is 0 Å². The lowest BCUT2D eigenvalue weighted by Crippen LogP contribution is -2.41. The number of thioether (sulfide) groups is 1. The third kappa shape index (κ3) is 6.40. The highest BCUT2D eigenvalue weighted by molar-refractivity contribution is 7.99. The van der Waals surface area contributed by atoms with Crippen LogP contribution in [0.15, 0.2) is 0 Å². The number of aliphatic hydroxyl groups is 1. The fourth-order valence-electron chi connectivity index (χ4n) is 1.60. The van der Waals surface area contributed by atoms with E-state index in [0.717, 1.165) is 38.6 Å². The van der Waals surface area contributed by atoms with E-state index in [2.05, 4.69) is 11.8 Å². The van der Waals surface area contributed by atoms with Crippen LogP contribution in [0.2, 0.25) is 0 Å². The Bertz CT molecular complexity index is 152. The van der Waals surface area contributed by atoms with Gasteiger partial charge in [-0.3, -0.25) is 4.90 Å². The van der Waals surface area contributed by atoms with E-state index in [0.29, 0.717) is 0 Å². The Morgan fingerprint density at radius 2 is 2.13 bits per heavy atom. The van der Waals surface area contributed by atoms with Crippen molar-refractivity contribution in [1.82, 2.24) is 4.90 Å². The maximum atomic E-state index is 9.80. The highest BCUT2D eigenvalue weighted by Crippen LogP contribution is 2.08. The van der Waals surface area contributed by atoms with Gasteiger partial charge in [-0.2, -0.15) is 11.8 Å². The normalized spacial score (nSPS) is 20.4. The third-order valence-corrected chi connectivity index (χ3v) is 3.72. The van der Waals surface area contributed by atoms with E-state index < -0.39 is 0 Å². The van der Waals surface area contributed by atoms with Gasteiger partial charge < -0.3 is 9.84 Å². The van der Waals surface area contributed by atoms with E-state index in [4.69, 9.17) is 4.74 Å². The molecule has 4 heteroatoms. The molecule has 0 spiro atoms. The molecule has 1 rings (SSSR count). The summed E-state index contributed by atoms with van der Waals surface area (Å²) >= 11 is 1.87. The zero-order valence-electron chi connectivity index (χ0n) is 9.65. The maximum Gasteiger partial charge on any atom is 0.0757 e. The standard InChI is InChI=1S/C11H23NO2S/c1-2-3-8-15-10-11(13)9-12-4-6-14-7-5-12/h11,13H,2-10H2,1H3/t11-/m1/s1. The lowest BCUT2D eigenvalue weighted by molar-refractivity contribution is 0.0188. The number of morpholine rings is 1. The van der Waals surface area contributed by atoms with Crippen molar-refractivity contribution in [2.24, 2.45) is 0 Å². The first-order valence-corrected chi connectivity index (χ1v) is 7.04. The Morgan fingerprint density at radius 1 is 1.40 bits per heavy atom. The second-order valence-corrected chi connectivity index (χ2v) is 5.15. The van der Waals surface area contributed by atoms with Crippen LogP contribution in [-0.4, -0.2) is 60.5 Å². The number of rotatable bonds is 7. The molecule has 0 aliphatic carbocycles. The van der Waals surface area contributed by atoms with Crippen molar-refractivity contribution in [2.45, 2.75) is 25.9 Å². The Labute approximate surface area is 97.2 Å². The van der Waals surface area contributed by atoms with Gasteiger partial charge in [-0.15, -0.1) is 0 Å². The molecule has 1 N–H and O–H groups in total. The average Bonchev–Trinajstić information content (AvgIpc) is 2.26. The van der Waals surface area contributed by atoms with Crippen LogP contribution in [-0.2, 0) is 4.74 Å². The summed E-state index contributed by atoms with van der Waals surface area (Å²) in [5, 5.41) is 9.80. The molecule has 0 aromatic carbocycles. The monoisotopic (exact) mass is 233 g/mol. The van der Waals surface area contributed by atoms with E-state index in [-0.39, 0.29) is 6.10 Å². The number of nitrogens with zero attached hydrogens (tertiary/aromatic N) is 1. The molecule has 15 heavy (non-hydrogen) atoms. The van der Waals surface area contributed by atoms with Crippen LogP contribution in [0.5, 0.6) is 0 Å². The number of β-amino-alcohol motifs (C(OH)–C–C–N with tert-alkyl or cyclic N) is 1. The van der Waals surface area contributed by atoms with Crippen molar-refractivity contribution in [1.29, 1.82) is 0 Å². The molecule has 1 atom stereocenters. The summed E-state index contributed by atoms with van der Waals surface area (Å²) in [5.41, 5.74) is 0. The van der Waals surface area contributed by atoms with Crippen LogP contribution in [0.3, 0.4) is 0 Å². The first-order chi connectivity index (χ1) is 7.33. The van der Waals surface area contributed by atoms with Crippen molar-refractivity contribution in [2.75, 3.05) is 44.4 Å². The molecule has 1 aliphatic heterocycles. The minimum Gasteiger partial charge on any atom is -0.391 e. The van der Waals surface area contributed by atoms with Gasteiger partial charge in [-0.25, -0.2) is 0 Å². The number of aliphatic hydroxyl groups excluding tert-OH is 1. The van der Waals surface area contributed by atoms with Crippen LogP contribution in [0.25, 0.3) is 0 Å². The van der Waals surface area contributed by atoms with Gasteiger partial charge in [0.15, 0.2) is 0 Å². The number of unbranched alkanes of at least 4 members (excludes halogenated alkanes) is 1. The van der Waals surface area contributed by atoms with Crippen LogP contribution >= 0.6 is 11.8 Å². The predicted octanol–water partition coefficient (Wildman–Crippen LogP) is 1.21. The smallest absolute Gasteiger partial charge is 0.0757 e. The summed E-state index contributed by atoms with van der Waals surface area (Å²) in [6, 6.07) is 0. The van der Waals surface area contributed by atoms with Crippen LogP contribution in [0, 0.1) is 0 Å². The summed E-state index contributed by atoms with van der Waals surface area (Å²) in [4.78, 5) is 2.29. The van der Waals surface area contributed by atoms with Gasteiger partial charge in [0, 0.05) is 25.4 Å². The molecule has 0 radical (unpaired) electrons. The second kappa shape index (κ2) is 8.39. The van der Waals surface area contributed by atoms with Gasteiger partial charge in [-0.05, 0) is 12.2 Å². The van der Waals surface area contributed by atoms with Crippen LogP contribution < -0.4 is 0 Å². The average molecular weight is 233 g/mol. The van der Waals surface area contributed by atoms with Gasteiger partial charge in [0.25, 0.3) is 0 Å². The van der Waals surface area contributed by atoms with E-state index in [1.165, 1.54) is 18.6 Å². The first-order valence-electron chi connectivity index (χ1n) is 5.89. The van der Waals surface area contributed by atoms with E-state index >= 15 is 0 Å². The van der Waals surface area contributed by atoms with Crippen molar-refractivity contribution in [3.63, 3.8) is 0 Å². The van der Waals surface area contributed by atoms with Gasteiger partial charge in [-0.1, -0.05) is 13.3 Å². The fraction of sp³-hybridized carbons (Fsp3) is 1.00. The third-order valence-electron chi connectivity index (χ3n) is 2.53. The van der Waals surface area contributed by atoms with E-state index in [1.54, 1.807) is 0 Å². The summed E-state index contributed by atoms with van der Waals surface area (Å²) in [5.74, 6) is 2.05. The quantitative estimate of drug-likeness (QED) is 0.670. The predicted molar refractivity (Wildman–Crippen MR) is 65.5 cm³/mol. The molecule has 0 aromatic heterocycles. The number of hydrogen-bond acceptors (Lipinski definition) is 4. The zero-order chi connectivity index (χ0) is 10.9. The van der Waals surface area contributed by atoms with Crippen molar-refractivity contribution in [3.05, 3.63) is 0 Å². The van der Waals surface area contributed by atoms with Crippen molar-refractivity contribution >= 4 is 11.8 Å². The zero-order valence-corrected chi connectivity index (χ0v) is 10.5. The Morgan fingerprint density at radius 3 is 2.80 bits per heavy atom. The number of hydrogen-bond donors (Lipinski definition) is 1. The molecular formula is C11H23NO2S. The minimum absolute atomic E-state index is 0.176. The molecule has 0 saturated carbocycles. The Kier molecular flexibility index (Phi) is 7.44. The molecule has 1 heterocycles. The molecule has 90 valence electrons. The molecule has 3 nitrogen and oxygen atoms in total. The molecule has 1 aliphatic rings. The van der Waals surface area contributed by atoms with Gasteiger partial charge in [0.1, 0.15) is 0 Å². The Hall–Kier alpha value is 0.230. The lowest BCUT2D eigenvalue weighted by Gasteiger charge is -2.28. The summed E-state index contributed by atoms with van der Waals surface area (Å²) in [6.45, 7) is 6.58. The lowest BCUT2D eigenvalue weighted by atomic mass is 10.3.